The zero-order chi connectivity index (χ0) is 21.6. The van der Waals surface area contributed by atoms with E-state index in [1.54, 1.807) is 18.1 Å². The number of nitrogens with zero attached hydrogens (tertiary/aromatic N) is 7. The molecule has 9 heteroatoms. The van der Waals surface area contributed by atoms with Gasteiger partial charge in [0.25, 0.3) is 0 Å². The fourth-order valence-corrected chi connectivity index (χ4v) is 3.60. The number of aromatic nitrogens is 4. The van der Waals surface area contributed by atoms with E-state index >= 15 is 0 Å². The van der Waals surface area contributed by atoms with Gasteiger partial charge in [0.2, 0.25) is 11.9 Å². The summed E-state index contributed by atoms with van der Waals surface area (Å²) in [7, 11) is 1.75. The van der Waals surface area contributed by atoms with Crippen molar-refractivity contribution in [2.75, 3.05) is 49.6 Å². The summed E-state index contributed by atoms with van der Waals surface area (Å²) in [5, 5.41) is 8.14. The van der Waals surface area contributed by atoms with Crippen LogP contribution in [-0.2, 0) is 11.3 Å². The van der Waals surface area contributed by atoms with Crippen LogP contribution in [0.1, 0.15) is 5.56 Å². The van der Waals surface area contributed by atoms with Gasteiger partial charge in [-0.25, -0.2) is 9.97 Å². The Labute approximate surface area is 181 Å². The van der Waals surface area contributed by atoms with Crippen molar-refractivity contribution >= 4 is 17.7 Å². The number of carbonyl (C=O) groups excluding carboxylic acids is 1. The first kappa shape index (κ1) is 20.7. The third-order valence-electron chi connectivity index (χ3n) is 5.36. The van der Waals surface area contributed by atoms with Crippen molar-refractivity contribution < 1.29 is 4.79 Å². The number of benzene rings is 1. The van der Waals surface area contributed by atoms with Crippen LogP contribution in [0.15, 0.2) is 55.0 Å². The molecule has 0 bridgehead atoms. The van der Waals surface area contributed by atoms with Gasteiger partial charge in [-0.1, -0.05) is 18.2 Å². The smallest absolute Gasteiger partial charge is 0.236 e. The third-order valence-corrected chi connectivity index (χ3v) is 5.36. The Morgan fingerprint density at radius 1 is 1.03 bits per heavy atom. The molecule has 160 valence electrons. The molecule has 1 aliphatic rings. The molecule has 0 spiro atoms. The van der Waals surface area contributed by atoms with Crippen molar-refractivity contribution in [1.29, 1.82) is 0 Å². The van der Waals surface area contributed by atoms with Crippen LogP contribution >= 0.6 is 0 Å². The summed E-state index contributed by atoms with van der Waals surface area (Å²) in [5.74, 6) is 1.54. The number of hydrogen-bond donors (Lipinski definition) is 1. The normalized spacial score (nSPS) is 13.9. The Balaban J connectivity index is 1.40. The molecule has 4 rings (SSSR count). The number of likely N-dealkylation sites (N-methyl/N-ethyl adjacent to an activating group) is 1. The summed E-state index contributed by atoms with van der Waals surface area (Å²) in [4.78, 5) is 26.9. The highest BCUT2D eigenvalue weighted by molar-refractivity contribution is 5.77. The molecule has 0 atom stereocenters. The Morgan fingerprint density at radius 2 is 1.77 bits per heavy atom. The highest BCUT2D eigenvalue weighted by Gasteiger charge is 2.20. The molecule has 1 saturated heterocycles. The first-order chi connectivity index (χ1) is 15.1. The van der Waals surface area contributed by atoms with Crippen molar-refractivity contribution in [2.45, 2.75) is 6.54 Å². The van der Waals surface area contributed by atoms with Crippen LogP contribution in [0, 0.1) is 0 Å². The molecule has 2 aromatic heterocycles. The molecule has 31 heavy (non-hydrogen) atoms. The molecule has 3 heterocycles. The maximum Gasteiger partial charge on any atom is 0.236 e. The number of piperazine rings is 1. The maximum absolute atomic E-state index is 11.7. The van der Waals surface area contributed by atoms with Crippen molar-refractivity contribution in [3.05, 3.63) is 60.6 Å². The highest BCUT2D eigenvalue weighted by Crippen LogP contribution is 2.22. The van der Waals surface area contributed by atoms with Crippen LogP contribution in [0.3, 0.4) is 0 Å². The highest BCUT2D eigenvalue weighted by atomic mass is 16.2. The fourth-order valence-electron chi connectivity index (χ4n) is 3.60. The van der Waals surface area contributed by atoms with Gasteiger partial charge in [-0.3, -0.25) is 4.79 Å². The van der Waals surface area contributed by atoms with Gasteiger partial charge in [0.05, 0.1) is 6.54 Å². The van der Waals surface area contributed by atoms with Gasteiger partial charge in [0.1, 0.15) is 0 Å². The topological polar surface area (TPSA) is 104 Å². The molecule has 9 nitrogen and oxygen atoms in total. The Hall–Kier alpha value is -3.59. The minimum Gasteiger partial charge on any atom is -0.352 e. The zero-order valence-corrected chi connectivity index (χ0v) is 17.6. The number of rotatable bonds is 6. The molecule has 0 unspecified atom stereocenters. The Bertz CT molecular complexity index is 1000. The van der Waals surface area contributed by atoms with E-state index in [9.17, 15) is 4.79 Å². The molecule has 1 aromatic carbocycles. The first-order valence-corrected chi connectivity index (χ1v) is 10.3. The van der Waals surface area contributed by atoms with E-state index in [2.05, 4.69) is 36.0 Å². The van der Waals surface area contributed by atoms with Gasteiger partial charge in [0.15, 0.2) is 5.82 Å². The maximum atomic E-state index is 11.7. The van der Waals surface area contributed by atoms with Crippen molar-refractivity contribution in [3.63, 3.8) is 0 Å². The minimum absolute atomic E-state index is 0.0124. The van der Waals surface area contributed by atoms with Gasteiger partial charge >= 0.3 is 0 Å². The number of carbonyl (C=O) groups is 1. The number of anilines is 2. The molecule has 0 radical (unpaired) electrons. The predicted octanol–water partition coefficient (Wildman–Crippen LogP) is 1.18. The molecule has 3 aromatic rings. The SMILES string of the molecule is CN(Cc1cccc(-c2cnc(N3CCN(c4cccnn4)CC3)nc2)c1)C(=O)CN. The van der Waals surface area contributed by atoms with E-state index in [1.165, 1.54) is 0 Å². The summed E-state index contributed by atoms with van der Waals surface area (Å²) < 4.78 is 0. The van der Waals surface area contributed by atoms with E-state index in [1.807, 2.05) is 42.7 Å². The quantitative estimate of drug-likeness (QED) is 0.636. The van der Waals surface area contributed by atoms with Crippen molar-refractivity contribution in [2.24, 2.45) is 5.73 Å². The Morgan fingerprint density at radius 3 is 2.45 bits per heavy atom. The van der Waals surface area contributed by atoms with E-state index in [0.29, 0.717) is 6.54 Å². The largest absolute Gasteiger partial charge is 0.352 e. The first-order valence-electron chi connectivity index (χ1n) is 10.3. The van der Waals surface area contributed by atoms with Gasteiger partial charge in [-0.2, -0.15) is 5.10 Å². The average molecular weight is 419 g/mol. The second-order valence-corrected chi connectivity index (χ2v) is 7.48. The second-order valence-electron chi connectivity index (χ2n) is 7.48. The van der Waals surface area contributed by atoms with Gasteiger partial charge in [-0.15, -0.1) is 5.10 Å². The van der Waals surface area contributed by atoms with E-state index in [4.69, 9.17) is 5.73 Å². The molecular formula is C22H26N8O. The zero-order valence-electron chi connectivity index (χ0n) is 17.6. The molecule has 1 fully saturated rings. The average Bonchev–Trinajstić information content (AvgIpc) is 2.84. The summed E-state index contributed by atoms with van der Waals surface area (Å²) in [6, 6.07) is 11.9. The van der Waals surface area contributed by atoms with Crippen LogP contribution in [0.2, 0.25) is 0 Å². The molecule has 1 amide bonds. The van der Waals surface area contributed by atoms with E-state index in [-0.39, 0.29) is 12.5 Å². The second kappa shape index (κ2) is 9.48. The summed E-state index contributed by atoms with van der Waals surface area (Å²) >= 11 is 0. The minimum atomic E-state index is -0.0857. The van der Waals surface area contributed by atoms with Gasteiger partial charge in [-0.05, 0) is 29.3 Å². The van der Waals surface area contributed by atoms with E-state index < -0.39 is 0 Å². The van der Waals surface area contributed by atoms with Crippen molar-refractivity contribution in [3.8, 4) is 11.1 Å². The van der Waals surface area contributed by atoms with Gasteiger partial charge < -0.3 is 20.4 Å². The fraction of sp³-hybridized carbons (Fsp3) is 0.318. The van der Waals surface area contributed by atoms with Gasteiger partial charge in [0, 0.05) is 63.9 Å². The number of nitrogens with two attached hydrogens (primary N) is 1. The lowest BCUT2D eigenvalue weighted by molar-refractivity contribution is -0.128. The molecule has 2 N–H and O–H groups in total. The van der Waals surface area contributed by atoms with Crippen LogP contribution in [-0.4, -0.2) is 70.7 Å². The van der Waals surface area contributed by atoms with Crippen molar-refractivity contribution in [1.82, 2.24) is 25.1 Å². The number of amides is 1. The van der Waals surface area contributed by atoms with Crippen LogP contribution in [0.5, 0.6) is 0 Å². The van der Waals surface area contributed by atoms with E-state index in [0.717, 1.165) is 54.6 Å². The summed E-state index contributed by atoms with van der Waals surface area (Å²) in [6.45, 7) is 3.87. The summed E-state index contributed by atoms with van der Waals surface area (Å²) in [5.41, 5.74) is 8.43. The molecular weight excluding hydrogens is 392 g/mol. The molecule has 0 aliphatic carbocycles. The van der Waals surface area contributed by atoms with Crippen LogP contribution in [0.4, 0.5) is 11.8 Å². The lowest BCUT2D eigenvalue weighted by Gasteiger charge is -2.35. The monoisotopic (exact) mass is 418 g/mol. The molecule has 1 aliphatic heterocycles. The number of hydrogen-bond acceptors (Lipinski definition) is 8. The summed E-state index contributed by atoms with van der Waals surface area (Å²) in [6.07, 6.45) is 5.39. The predicted molar refractivity (Wildman–Crippen MR) is 119 cm³/mol. The van der Waals surface area contributed by atoms with Crippen LogP contribution < -0.4 is 15.5 Å². The van der Waals surface area contributed by atoms with Crippen LogP contribution in [0.25, 0.3) is 11.1 Å². The lowest BCUT2D eigenvalue weighted by Crippen LogP contribution is -2.47. The Kier molecular flexibility index (Phi) is 6.32. The standard InChI is InChI=1S/C22H26N8O/c1-28(21(31)13-23)16-17-4-2-5-18(12-17)19-14-24-22(25-15-19)30-10-8-29(9-11-30)20-6-3-7-26-27-20/h2-7,12,14-15H,8-11,13,16,23H2,1H3. The molecule has 0 saturated carbocycles. The third kappa shape index (κ3) is 4.95. The lowest BCUT2D eigenvalue weighted by atomic mass is 10.1.